The molecule has 1 unspecified atom stereocenters. The van der Waals surface area contributed by atoms with Gasteiger partial charge in [-0.15, -0.1) is 0 Å². The Labute approximate surface area is 106 Å². The minimum Gasteiger partial charge on any atom is -0.467 e. The van der Waals surface area contributed by atoms with E-state index in [0.717, 1.165) is 0 Å². The first-order valence-corrected chi connectivity index (χ1v) is 5.78. The van der Waals surface area contributed by atoms with Crippen LogP contribution >= 0.6 is 15.9 Å². The first kappa shape index (κ1) is 12.3. The second-order valence-corrected chi connectivity index (χ2v) is 4.44. The van der Waals surface area contributed by atoms with Gasteiger partial charge in [-0.05, 0) is 31.3 Å². The summed E-state index contributed by atoms with van der Waals surface area (Å²) in [6, 6.07) is 5.16. The van der Waals surface area contributed by atoms with Gasteiger partial charge in [0.2, 0.25) is 0 Å². The molecular weight excluding hydrogens is 292 g/mol. The van der Waals surface area contributed by atoms with Crippen molar-refractivity contribution in [2.45, 2.75) is 6.04 Å². The zero-order valence-corrected chi connectivity index (χ0v) is 10.6. The SMILES string of the molecule is CNC(c1ccco1)c1c(F)cc(Br)cc1F. The third-order valence-electron chi connectivity index (χ3n) is 2.45. The molecule has 1 aromatic carbocycles. The number of halogens is 3. The summed E-state index contributed by atoms with van der Waals surface area (Å²) in [4.78, 5) is 0. The second-order valence-electron chi connectivity index (χ2n) is 3.52. The standard InChI is InChI=1S/C12H10BrF2NO/c1-16-12(10-3-2-4-17-10)11-8(14)5-7(13)6-9(11)15/h2-6,12,16H,1H3. The van der Waals surface area contributed by atoms with Gasteiger partial charge in [-0.3, -0.25) is 0 Å². The minimum atomic E-state index is -0.641. The van der Waals surface area contributed by atoms with Crippen LogP contribution in [0.1, 0.15) is 17.4 Å². The Balaban J connectivity index is 2.52. The molecule has 0 spiro atoms. The van der Waals surface area contributed by atoms with Gasteiger partial charge in [0, 0.05) is 10.0 Å². The van der Waals surface area contributed by atoms with Gasteiger partial charge in [0.15, 0.2) is 0 Å². The molecule has 0 saturated heterocycles. The normalized spacial score (nSPS) is 12.7. The van der Waals surface area contributed by atoms with Crippen LogP contribution in [0.5, 0.6) is 0 Å². The third kappa shape index (κ3) is 2.40. The van der Waals surface area contributed by atoms with Gasteiger partial charge in [0.05, 0.1) is 12.3 Å². The zero-order valence-electron chi connectivity index (χ0n) is 9.01. The van der Waals surface area contributed by atoms with Gasteiger partial charge in [-0.2, -0.15) is 0 Å². The predicted molar refractivity (Wildman–Crippen MR) is 63.7 cm³/mol. The summed E-state index contributed by atoms with van der Waals surface area (Å²) in [6.45, 7) is 0. The first-order valence-electron chi connectivity index (χ1n) is 4.98. The number of hydrogen-bond acceptors (Lipinski definition) is 2. The highest BCUT2D eigenvalue weighted by Crippen LogP contribution is 2.29. The summed E-state index contributed by atoms with van der Waals surface area (Å²) in [5, 5.41) is 2.83. The largest absolute Gasteiger partial charge is 0.467 e. The molecule has 1 heterocycles. The molecular formula is C12H10BrF2NO. The number of furan rings is 1. The van der Waals surface area contributed by atoms with Crippen LogP contribution in [0.15, 0.2) is 39.4 Å². The van der Waals surface area contributed by atoms with Crippen molar-refractivity contribution in [3.63, 3.8) is 0 Å². The fourth-order valence-electron chi connectivity index (χ4n) is 1.71. The van der Waals surface area contributed by atoms with E-state index in [0.29, 0.717) is 10.2 Å². The molecule has 1 aromatic heterocycles. The third-order valence-corrected chi connectivity index (χ3v) is 2.91. The lowest BCUT2D eigenvalue weighted by Gasteiger charge is -2.16. The predicted octanol–water partition coefficient (Wildman–Crippen LogP) is 3.63. The van der Waals surface area contributed by atoms with Gasteiger partial charge < -0.3 is 9.73 Å². The summed E-state index contributed by atoms with van der Waals surface area (Å²) in [6.07, 6.45) is 1.47. The quantitative estimate of drug-likeness (QED) is 0.936. The lowest BCUT2D eigenvalue weighted by Crippen LogP contribution is -2.20. The van der Waals surface area contributed by atoms with Gasteiger partial charge >= 0.3 is 0 Å². The number of rotatable bonds is 3. The molecule has 2 nitrogen and oxygen atoms in total. The van der Waals surface area contributed by atoms with E-state index in [-0.39, 0.29) is 5.56 Å². The molecule has 17 heavy (non-hydrogen) atoms. The van der Waals surface area contributed by atoms with Gasteiger partial charge in [0.1, 0.15) is 17.4 Å². The molecule has 0 aliphatic rings. The van der Waals surface area contributed by atoms with E-state index in [9.17, 15) is 8.78 Å². The van der Waals surface area contributed by atoms with E-state index in [2.05, 4.69) is 21.2 Å². The monoisotopic (exact) mass is 301 g/mol. The zero-order chi connectivity index (χ0) is 12.4. The van der Waals surface area contributed by atoms with Crippen LogP contribution in [0.4, 0.5) is 8.78 Å². The summed E-state index contributed by atoms with van der Waals surface area (Å²) in [5.74, 6) is -0.770. The van der Waals surface area contributed by atoms with Crippen LogP contribution in [0.3, 0.4) is 0 Å². The van der Waals surface area contributed by atoms with Gasteiger partial charge in [0.25, 0.3) is 0 Å². The van der Waals surface area contributed by atoms with E-state index in [1.807, 2.05) is 0 Å². The van der Waals surface area contributed by atoms with Crippen LogP contribution in [0, 0.1) is 11.6 Å². The van der Waals surface area contributed by atoms with Crippen LogP contribution < -0.4 is 5.32 Å². The van der Waals surface area contributed by atoms with Crippen molar-refractivity contribution in [2.75, 3.05) is 7.05 Å². The maximum absolute atomic E-state index is 13.8. The molecule has 2 rings (SSSR count). The van der Waals surface area contributed by atoms with E-state index in [1.165, 1.54) is 18.4 Å². The van der Waals surface area contributed by atoms with Gasteiger partial charge in [-0.1, -0.05) is 15.9 Å². The average molecular weight is 302 g/mol. The highest BCUT2D eigenvalue weighted by atomic mass is 79.9. The topological polar surface area (TPSA) is 25.2 Å². The van der Waals surface area contributed by atoms with E-state index >= 15 is 0 Å². The molecule has 0 radical (unpaired) electrons. The molecule has 5 heteroatoms. The lowest BCUT2D eigenvalue weighted by atomic mass is 10.0. The number of benzene rings is 1. The minimum absolute atomic E-state index is 0.0503. The van der Waals surface area contributed by atoms with E-state index in [4.69, 9.17) is 4.42 Å². The molecule has 0 aliphatic carbocycles. The van der Waals surface area contributed by atoms with Crippen molar-refractivity contribution in [2.24, 2.45) is 0 Å². The Morgan fingerprint density at radius 2 is 1.94 bits per heavy atom. The maximum Gasteiger partial charge on any atom is 0.132 e. The highest BCUT2D eigenvalue weighted by Gasteiger charge is 2.23. The Kier molecular flexibility index (Phi) is 3.59. The Morgan fingerprint density at radius 1 is 1.29 bits per heavy atom. The summed E-state index contributed by atoms with van der Waals surface area (Å²) < 4.78 is 33.1. The number of nitrogens with one attached hydrogen (secondary N) is 1. The van der Waals surface area contributed by atoms with E-state index in [1.54, 1.807) is 19.2 Å². The number of hydrogen-bond donors (Lipinski definition) is 1. The van der Waals surface area contributed by atoms with Crippen molar-refractivity contribution in [3.05, 3.63) is 58.0 Å². The molecule has 0 fully saturated rings. The summed E-state index contributed by atoms with van der Waals surface area (Å²) >= 11 is 3.04. The molecule has 1 atom stereocenters. The average Bonchev–Trinajstić information content (AvgIpc) is 2.76. The Morgan fingerprint density at radius 3 is 2.41 bits per heavy atom. The molecule has 0 aliphatic heterocycles. The van der Waals surface area contributed by atoms with Gasteiger partial charge in [-0.25, -0.2) is 8.78 Å². The van der Waals surface area contributed by atoms with Crippen LogP contribution in [-0.4, -0.2) is 7.05 Å². The Hall–Kier alpha value is -1.20. The molecule has 90 valence electrons. The summed E-state index contributed by atoms with van der Waals surface area (Å²) in [5.41, 5.74) is -0.0503. The van der Waals surface area contributed by atoms with Crippen LogP contribution in [-0.2, 0) is 0 Å². The fraction of sp³-hybridized carbons (Fsp3) is 0.167. The lowest BCUT2D eigenvalue weighted by molar-refractivity contribution is 0.438. The summed E-state index contributed by atoms with van der Waals surface area (Å²) in [7, 11) is 1.62. The smallest absolute Gasteiger partial charge is 0.132 e. The molecule has 0 saturated carbocycles. The first-order chi connectivity index (χ1) is 8.13. The van der Waals surface area contributed by atoms with Crippen molar-refractivity contribution < 1.29 is 13.2 Å². The molecule has 0 bridgehead atoms. The Bertz CT molecular complexity index is 490. The second kappa shape index (κ2) is 4.98. The maximum atomic E-state index is 13.8. The highest BCUT2D eigenvalue weighted by molar-refractivity contribution is 9.10. The molecule has 1 N–H and O–H groups in total. The van der Waals surface area contributed by atoms with Crippen LogP contribution in [0.25, 0.3) is 0 Å². The van der Waals surface area contributed by atoms with Crippen LogP contribution in [0.2, 0.25) is 0 Å². The van der Waals surface area contributed by atoms with Crippen molar-refractivity contribution in [3.8, 4) is 0 Å². The molecule has 2 aromatic rings. The molecule has 0 amide bonds. The van der Waals surface area contributed by atoms with Crippen molar-refractivity contribution in [1.82, 2.24) is 5.32 Å². The van der Waals surface area contributed by atoms with Crippen molar-refractivity contribution >= 4 is 15.9 Å². The van der Waals surface area contributed by atoms with Crippen molar-refractivity contribution in [1.29, 1.82) is 0 Å². The fourth-order valence-corrected chi connectivity index (χ4v) is 2.12. The van der Waals surface area contributed by atoms with E-state index < -0.39 is 17.7 Å².